The van der Waals surface area contributed by atoms with Crippen LogP contribution in [0.3, 0.4) is 0 Å². The van der Waals surface area contributed by atoms with Gasteiger partial charge in [0.25, 0.3) is 0 Å². The normalized spacial score (nSPS) is 10.4. The van der Waals surface area contributed by atoms with Gasteiger partial charge in [0.2, 0.25) is 0 Å². The molecule has 0 aromatic heterocycles. The monoisotopic (exact) mass is 294 g/mol. The molecule has 0 unspecified atom stereocenters. The predicted octanol–water partition coefficient (Wildman–Crippen LogP) is 2.14. The molecule has 5 heteroatoms. The molecule has 0 aliphatic carbocycles. The molecule has 0 fully saturated rings. The van der Waals surface area contributed by atoms with E-state index < -0.39 is 0 Å². The number of unbranched alkanes of at least 4 members (excludes halogenated alkanes) is 1. The van der Waals surface area contributed by atoms with Crippen LogP contribution >= 0.6 is 0 Å². The number of benzene rings is 1. The van der Waals surface area contributed by atoms with E-state index in [4.69, 9.17) is 9.84 Å². The molecule has 0 spiro atoms. The summed E-state index contributed by atoms with van der Waals surface area (Å²) in [5, 5.41) is 11.9. The first-order valence-electron chi connectivity index (χ1n) is 7.41. The molecule has 118 valence electrons. The maximum Gasteiger partial charge on any atom is 0.317 e. The van der Waals surface area contributed by atoms with Crippen molar-refractivity contribution in [1.29, 1.82) is 0 Å². The summed E-state index contributed by atoms with van der Waals surface area (Å²) in [6.45, 7) is 4.15. The number of amides is 2. The first-order valence-corrected chi connectivity index (χ1v) is 7.41. The van der Waals surface area contributed by atoms with Gasteiger partial charge in [-0.2, -0.15) is 0 Å². The molecule has 0 saturated carbocycles. The molecule has 1 aromatic rings. The fraction of sp³-hybridized carbons (Fsp3) is 0.562. The number of nitrogens with one attached hydrogen (secondary N) is 1. The van der Waals surface area contributed by atoms with E-state index in [0.29, 0.717) is 26.2 Å². The minimum atomic E-state index is -0.130. The van der Waals surface area contributed by atoms with Crippen LogP contribution in [0, 0.1) is 0 Å². The predicted molar refractivity (Wildman–Crippen MR) is 83.0 cm³/mol. The van der Waals surface area contributed by atoms with Crippen molar-refractivity contribution < 1.29 is 14.6 Å². The third-order valence-corrected chi connectivity index (χ3v) is 3.18. The molecule has 2 amide bonds. The molecule has 1 aromatic carbocycles. The van der Waals surface area contributed by atoms with Crippen LogP contribution in [-0.4, -0.2) is 42.8 Å². The van der Waals surface area contributed by atoms with Crippen LogP contribution in [0.1, 0.15) is 30.9 Å². The molecule has 0 atom stereocenters. The fourth-order valence-electron chi connectivity index (χ4n) is 2.07. The summed E-state index contributed by atoms with van der Waals surface area (Å²) < 4.78 is 5.10. The number of methoxy groups -OCH3 is 1. The number of carbonyl (C=O) groups is 1. The van der Waals surface area contributed by atoms with E-state index in [2.05, 4.69) is 12.2 Å². The van der Waals surface area contributed by atoms with Gasteiger partial charge in [-0.15, -0.1) is 0 Å². The molecule has 2 N–H and O–H groups in total. The second-order valence-corrected chi connectivity index (χ2v) is 4.98. The summed E-state index contributed by atoms with van der Waals surface area (Å²) in [7, 11) is 1.66. The molecule has 1 rings (SSSR count). The van der Waals surface area contributed by atoms with Crippen LogP contribution in [0.4, 0.5) is 4.79 Å². The number of nitrogens with zero attached hydrogens (tertiary/aromatic N) is 1. The van der Waals surface area contributed by atoms with Gasteiger partial charge in [0.1, 0.15) is 0 Å². The first-order chi connectivity index (χ1) is 10.2. The van der Waals surface area contributed by atoms with Gasteiger partial charge >= 0.3 is 6.03 Å². The van der Waals surface area contributed by atoms with E-state index in [9.17, 15) is 4.79 Å². The van der Waals surface area contributed by atoms with Crippen molar-refractivity contribution in [1.82, 2.24) is 10.2 Å². The van der Waals surface area contributed by atoms with Gasteiger partial charge in [-0.1, -0.05) is 37.6 Å². The van der Waals surface area contributed by atoms with E-state index in [1.165, 1.54) is 0 Å². The van der Waals surface area contributed by atoms with Gasteiger partial charge in [-0.25, -0.2) is 4.79 Å². The summed E-state index contributed by atoms with van der Waals surface area (Å²) in [4.78, 5) is 13.8. The van der Waals surface area contributed by atoms with Crippen LogP contribution in [-0.2, 0) is 17.9 Å². The molecule has 0 radical (unpaired) electrons. The zero-order chi connectivity index (χ0) is 15.5. The number of hydrogen-bond acceptors (Lipinski definition) is 3. The molecule has 5 nitrogen and oxygen atoms in total. The van der Waals surface area contributed by atoms with Crippen LogP contribution in [0.5, 0.6) is 0 Å². The van der Waals surface area contributed by atoms with E-state index in [-0.39, 0.29) is 12.6 Å². The summed E-state index contributed by atoms with van der Waals surface area (Å²) in [5.74, 6) is 0. The third-order valence-electron chi connectivity index (χ3n) is 3.18. The van der Waals surface area contributed by atoms with Crippen molar-refractivity contribution in [2.75, 3.05) is 26.8 Å². The van der Waals surface area contributed by atoms with Crippen LogP contribution < -0.4 is 5.32 Å². The largest absolute Gasteiger partial charge is 0.395 e. The van der Waals surface area contributed by atoms with Gasteiger partial charge in [-0.3, -0.25) is 0 Å². The topological polar surface area (TPSA) is 61.8 Å². The van der Waals surface area contributed by atoms with Crippen molar-refractivity contribution in [3.05, 3.63) is 35.4 Å². The van der Waals surface area contributed by atoms with Crippen molar-refractivity contribution in [3.8, 4) is 0 Å². The molecule has 0 bridgehead atoms. The standard InChI is InChI=1S/C16H26N2O3/c1-3-4-8-18(9-10-19)16(20)17-12-14-6-5-7-15(11-14)13-21-2/h5-7,11,19H,3-4,8-10,12-13H2,1-2H3,(H,17,20). The lowest BCUT2D eigenvalue weighted by molar-refractivity contribution is 0.176. The Morgan fingerprint density at radius 1 is 1.33 bits per heavy atom. The maximum atomic E-state index is 12.1. The maximum absolute atomic E-state index is 12.1. The lowest BCUT2D eigenvalue weighted by atomic mass is 10.1. The van der Waals surface area contributed by atoms with Gasteiger partial charge in [0.15, 0.2) is 0 Å². The first kappa shape index (κ1) is 17.5. The van der Waals surface area contributed by atoms with Crippen LogP contribution in [0.25, 0.3) is 0 Å². The molecule has 0 heterocycles. The second-order valence-electron chi connectivity index (χ2n) is 4.98. The number of hydrogen-bond donors (Lipinski definition) is 2. The Morgan fingerprint density at radius 2 is 2.10 bits per heavy atom. The van der Waals surface area contributed by atoms with Gasteiger partial charge in [0.05, 0.1) is 13.2 Å². The Kier molecular flexibility index (Phi) is 8.47. The average molecular weight is 294 g/mol. The average Bonchev–Trinajstić information content (AvgIpc) is 2.50. The molecule has 0 saturated heterocycles. The Bertz CT molecular complexity index is 424. The lowest BCUT2D eigenvalue weighted by Gasteiger charge is -2.22. The summed E-state index contributed by atoms with van der Waals surface area (Å²) in [5.41, 5.74) is 2.12. The SMILES string of the molecule is CCCCN(CCO)C(=O)NCc1cccc(COC)c1. The summed E-state index contributed by atoms with van der Waals surface area (Å²) in [6, 6.07) is 7.82. The van der Waals surface area contributed by atoms with E-state index >= 15 is 0 Å². The Hall–Kier alpha value is -1.59. The fourth-order valence-corrected chi connectivity index (χ4v) is 2.07. The Balaban J connectivity index is 2.51. The third kappa shape index (κ3) is 6.60. The second kappa shape index (κ2) is 10.2. The van der Waals surface area contributed by atoms with Gasteiger partial charge in [0, 0.05) is 26.7 Å². The number of carbonyl (C=O) groups excluding carboxylic acids is 1. The Morgan fingerprint density at radius 3 is 2.76 bits per heavy atom. The number of ether oxygens (including phenoxy) is 1. The highest BCUT2D eigenvalue weighted by Gasteiger charge is 2.11. The molecule has 21 heavy (non-hydrogen) atoms. The molecular formula is C16H26N2O3. The highest BCUT2D eigenvalue weighted by molar-refractivity contribution is 5.74. The minimum absolute atomic E-state index is 0.0134. The quantitative estimate of drug-likeness (QED) is 0.733. The van der Waals surface area contributed by atoms with E-state index in [1.54, 1.807) is 12.0 Å². The molecule has 0 aliphatic heterocycles. The lowest BCUT2D eigenvalue weighted by Crippen LogP contribution is -2.41. The van der Waals surface area contributed by atoms with Gasteiger partial charge < -0.3 is 20.1 Å². The van der Waals surface area contributed by atoms with Crippen LogP contribution in [0.2, 0.25) is 0 Å². The van der Waals surface area contributed by atoms with E-state index in [1.807, 2.05) is 24.3 Å². The highest BCUT2D eigenvalue weighted by Crippen LogP contribution is 2.06. The molecular weight excluding hydrogens is 268 g/mol. The van der Waals surface area contributed by atoms with E-state index in [0.717, 1.165) is 24.0 Å². The van der Waals surface area contributed by atoms with Crippen molar-refractivity contribution >= 4 is 6.03 Å². The zero-order valence-corrected chi connectivity index (χ0v) is 13.0. The van der Waals surface area contributed by atoms with Gasteiger partial charge in [-0.05, 0) is 17.5 Å². The minimum Gasteiger partial charge on any atom is -0.395 e. The summed E-state index contributed by atoms with van der Waals surface area (Å²) in [6.07, 6.45) is 1.96. The number of rotatable bonds is 9. The number of urea groups is 1. The van der Waals surface area contributed by atoms with Crippen molar-refractivity contribution in [3.63, 3.8) is 0 Å². The molecule has 0 aliphatic rings. The Labute approximate surface area is 126 Å². The smallest absolute Gasteiger partial charge is 0.317 e. The van der Waals surface area contributed by atoms with Crippen LogP contribution in [0.15, 0.2) is 24.3 Å². The zero-order valence-electron chi connectivity index (χ0n) is 13.0. The number of aliphatic hydroxyl groups excluding tert-OH is 1. The number of aliphatic hydroxyl groups is 1. The van der Waals surface area contributed by atoms with Crippen molar-refractivity contribution in [2.24, 2.45) is 0 Å². The highest BCUT2D eigenvalue weighted by atomic mass is 16.5. The van der Waals surface area contributed by atoms with Crippen molar-refractivity contribution in [2.45, 2.75) is 32.9 Å². The summed E-state index contributed by atoms with van der Waals surface area (Å²) >= 11 is 0.